The number of aromatic nitrogens is 1. The van der Waals surface area contributed by atoms with Gasteiger partial charge in [-0.3, -0.25) is 0 Å². The Kier molecular flexibility index (Phi) is 3.85. The normalized spacial score (nSPS) is 10.3. The lowest BCUT2D eigenvalue weighted by Crippen LogP contribution is -2.29. The van der Waals surface area contributed by atoms with Gasteiger partial charge in [-0.15, -0.1) is 0 Å². The van der Waals surface area contributed by atoms with Gasteiger partial charge in [0.1, 0.15) is 11.5 Å². The molecule has 0 saturated heterocycles. The average Bonchev–Trinajstić information content (AvgIpc) is 2.71. The molecule has 0 atom stereocenters. The van der Waals surface area contributed by atoms with Gasteiger partial charge in [-0.2, -0.15) is 0 Å². The van der Waals surface area contributed by atoms with Gasteiger partial charge in [0.2, 0.25) is 0 Å². The van der Waals surface area contributed by atoms with Gasteiger partial charge >= 0.3 is 6.09 Å². The van der Waals surface area contributed by atoms with E-state index in [9.17, 15) is 4.79 Å². The standard InChI is InChI=1S/C14H16N2O3/c1-10-13(11(2)19-15-10)9-16(3)14(17)18-12-7-5-4-6-8-12/h4-8H,9H2,1-3H3. The molecular weight excluding hydrogens is 244 g/mol. The number of hydrogen-bond acceptors (Lipinski definition) is 4. The molecule has 2 rings (SSSR count). The molecule has 0 aliphatic heterocycles. The third-order valence-corrected chi connectivity index (χ3v) is 2.84. The average molecular weight is 260 g/mol. The summed E-state index contributed by atoms with van der Waals surface area (Å²) in [4.78, 5) is 13.4. The summed E-state index contributed by atoms with van der Waals surface area (Å²) in [5, 5.41) is 3.86. The van der Waals surface area contributed by atoms with Gasteiger partial charge in [-0.05, 0) is 26.0 Å². The first kappa shape index (κ1) is 13.1. The van der Waals surface area contributed by atoms with Crippen molar-refractivity contribution in [3.8, 4) is 5.75 Å². The van der Waals surface area contributed by atoms with Crippen LogP contribution in [0.5, 0.6) is 5.75 Å². The monoisotopic (exact) mass is 260 g/mol. The van der Waals surface area contributed by atoms with E-state index in [0.717, 1.165) is 17.0 Å². The molecule has 1 aromatic carbocycles. The number of hydrogen-bond donors (Lipinski definition) is 0. The highest BCUT2D eigenvalue weighted by Gasteiger charge is 2.16. The first-order valence-electron chi connectivity index (χ1n) is 5.97. The number of carbonyl (C=O) groups excluding carboxylic acids is 1. The number of rotatable bonds is 3. The first-order valence-corrected chi connectivity index (χ1v) is 5.97. The lowest BCUT2D eigenvalue weighted by Gasteiger charge is -2.16. The molecule has 0 unspecified atom stereocenters. The van der Waals surface area contributed by atoms with Crippen LogP contribution in [0.15, 0.2) is 34.9 Å². The van der Waals surface area contributed by atoms with Crippen LogP contribution in [0.1, 0.15) is 17.0 Å². The van der Waals surface area contributed by atoms with Crippen molar-refractivity contribution < 1.29 is 14.1 Å². The molecule has 100 valence electrons. The topological polar surface area (TPSA) is 55.6 Å². The Labute approximate surface area is 111 Å². The van der Waals surface area contributed by atoms with Crippen molar-refractivity contribution in [2.75, 3.05) is 7.05 Å². The molecular formula is C14H16N2O3. The van der Waals surface area contributed by atoms with Gasteiger partial charge in [0, 0.05) is 12.6 Å². The molecule has 5 heteroatoms. The van der Waals surface area contributed by atoms with E-state index < -0.39 is 6.09 Å². The quantitative estimate of drug-likeness (QED) is 0.851. The summed E-state index contributed by atoms with van der Waals surface area (Å²) in [5.74, 6) is 1.25. The molecule has 0 N–H and O–H groups in total. The molecule has 2 aromatic rings. The van der Waals surface area contributed by atoms with E-state index in [1.807, 2.05) is 32.0 Å². The van der Waals surface area contributed by atoms with E-state index in [-0.39, 0.29) is 0 Å². The van der Waals surface area contributed by atoms with E-state index in [1.54, 1.807) is 19.2 Å². The number of nitrogens with zero attached hydrogens (tertiary/aromatic N) is 2. The minimum Gasteiger partial charge on any atom is -0.410 e. The van der Waals surface area contributed by atoms with Gasteiger partial charge < -0.3 is 14.2 Å². The Morgan fingerprint density at radius 1 is 1.32 bits per heavy atom. The van der Waals surface area contributed by atoms with Crippen molar-refractivity contribution >= 4 is 6.09 Å². The maximum absolute atomic E-state index is 11.9. The van der Waals surface area contributed by atoms with E-state index in [0.29, 0.717) is 12.3 Å². The van der Waals surface area contributed by atoms with Crippen LogP contribution in [0.2, 0.25) is 0 Å². The fourth-order valence-corrected chi connectivity index (χ4v) is 1.70. The zero-order valence-electron chi connectivity index (χ0n) is 11.2. The number of ether oxygens (including phenoxy) is 1. The lowest BCUT2D eigenvalue weighted by molar-refractivity contribution is 0.160. The van der Waals surface area contributed by atoms with Gasteiger partial charge in [0.05, 0.1) is 12.2 Å². The zero-order chi connectivity index (χ0) is 13.8. The lowest BCUT2D eigenvalue weighted by atomic mass is 10.2. The SMILES string of the molecule is Cc1noc(C)c1CN(C)C(=O)Oc1ccccc1. The number of para-hydroxylation sites is 1. The molecule has 0 bridgehead atoms. The van der Waals surface area contributed by atoms with Gasteiger partial charge in [0.25, 0.3) is 0 Å². The summed E-state index contributed by atoms with van der Waals surface area (Å²) in [5.41, 5.74) is 1.70. The van der Waals surface area contributed by atoms with Crippen LogP contribution < -0.4 is 4.74 Å². The van der Waals surface area contributed by atoms with Crippen LogP contribution >= 0.6 is 0 Å². The Balaban J connectivity index is 2.00. The molecule has 0 fully saturated rings. The summed E-state index contributed by atoms with van der Waals surface area (Å²) >= 11 is 0. The Bertz CT molecular complexity index is 544. The number of benzene rings is 1. The second kappa shape index (κ2) is 5.56. The highest BCUT2D eigenvalue weighted by atomic mass is 16.6. The fourth-order valence-electron chi connectivity index (χ4n) is 1.70. The summed E-state index contributed by atoms with van der Waals surface area (Å²) < 4.78 is 10.3. The predicted octanol–water partition coefficient (Wildman–Crippen LogP) is 2.92. The third kappa shape index (κ3) is 3.13. The van der Waals surface area contributed by atoms with E-state index >= 15 is 0 Å². The number of amides is 1. The van der Waals surface area contributed by atoms with Crippen molar-refractivity contribution in [2.45, 2.75) is 20.4 Å². The number of carbonyl (C=O) groups is 1. The maximum atomic E-state index is 11.9. The maximum Gasteiger partial charge on any atom is 0.415 e. The third-order valence-electron chi connectivity index (χ3n) is 2.84. The number of aryl methyl sites for hydroxylation is 2. The first-order chi connectivity index (χ1) is 9.08. The second-order valence-corrected chi connectivity index (χ2v) is 4.34. The second-order valence-electron chi connectivity index (χ2n) is 4.34. The molecule has 0 radical (unpaired) electrons. The van der Waals surface area contributed by atoms with Gasteiger partial charge in [-0.25, -0.2) is 4.79 Å². The van der Waals surface area contributed by atoms with Crippen LogP contribution in [0.3, 0.4) is 0 Å². The van der Waals surface area contributed by atoms with Crippen LogP contribution in [0, 0.1) is 13.8 Å². The molecule has 1 amide bonds. The van der Waals surface area contributed by atoms with Crippen molar-refractivity contribution in [3.63, 3.8) is 0 Å². The summed E-state index contributed by atoms with van der Waals surface area (Å²) in [6, 6.07) is 8.97. The Morgan fingerprint density at radius 2 is 2.00 bits per heavy atom. The predicted molar refractivity (Wildman–Crippen MR) is 69.9 cm³/mol. The van der Waals surface area contributed by atoms with Crippen molar-refractivity contribution in [1.82, 2.24) is 10.1 Å². The van der Waals surface area contributed by atoms with Crippen LogP contribution in [0.4, 0.5) is 4.79 Å². The largest absolute Gasteiger partial charge is 0.415 e. The molecule has 0 aliphatic rings. The summed E-state index contributed by atoms with van der Waals surface area (Å²) in [7, 11) is 1.68. The smallest absolute Gasteiger partial charge is 0.410 e. The van der Waals surface area contributed by atoms with Crippen LogP contribution in [-0.2, 0) is 6.54 Å². The Morgan fingerprint density at radius 3 is 2.58 bits per heavy atom. The molecule has 0 aliphatic carbocycles. The molecule has 5 nitrogen and oxygen atoms in total. The molecule has 19 heavy (non-hydrogen) atoms. The van der Waals surface area contributed by atoms with E-state index in [1.165, 1.54) is 4.90 Å². The van der Waals surface area contributed by atoms with E-state index in [4.69, 9.17) is 9.26 Å². The van der Waals surface area contributed by atoms with Crippen LogP contribution in [-0.4, -0.2) is 23.2 Å². The highest BCUT2D eigenvalue weighted by Crippen LogP contribution is 2.16. The van der Waals surface area contributed by atoms with Crippen molar-refractivity contribution in [2.24, 2.45) is 0 Å². The van der Waals surface area contributed by atoms with Gasteiger partial charge in [0.15, 0.2) is 0 Å². The zero-order valence-corrected chi connectivity index (χ0v) is 11.2. The highest BCUT2D eigenvalue weighted by molar-refractivity contribution is 5.70. The van der Waals surface area contributed by atoms with Gasteiger partial charge in [-0.1, -0.05) is 23.4 Å². The van der Waals surface area contributed by atoms with Crippen molar-refractivity contribution in [3.05, 3.63) is 47.3 Å². The molecule has 1 heterocycles. The molecule has 0 saturated carbocycles. The summed E-state index contributed by atoms with van der Waals surface area (Å²) in [6.07, 6.45) is -0.411. The van der Waals surface area contributed by atoms with Crippen LogP contribution in [0.25, 0.3) is 0 Å². The molecule has 1 aromatic heterocycles. The fraction of sp³-hybridized carbons (Fsp3) is 0.286. The minimum absolute atomic E-state index is 0.410. The minimum atomic E-state index is -0.411. The molecule has 0 spiro atoms. The van der Waals surface area contributed by atoms with Crippen molar-refractivity contribution in [1.29, 1.82) is 0 Å². The van der Waals surface area contributed by atoms with E-state index in [2.05, 4.69) is 5.16 Å². The Hall–Kier alpha value is -2.30. The summed E-state index contributed by atoms with van der Waals surface area (Å²) in [6.45, 7) is 4.08.